The number of hydrogen-bond donors (Lipinski definition) is 2. The van der Waals surface area contributed by atoms with Crippen molar-refractivity contribution in [2.24, 2.45) is 23.7 Å². The summed E-state index contributed by atoms with van der Waals surface area (Å²) in [6.07, 6.45) is 3.79. The fourth-order valence-electron chi connectivity index (χ4n) is 3.05. The maximum Gasteiger partial charge on any atom is 0.407 e. The number of amides is 1. The molecular formula is C18H36N2O2. The number of rotatable bonds is 7. The highest BCUT2D eigenvalue weighted by molar-refractivity contribution is 5.67. The summed E-state index contributed by atoms with van der Waals surface area (Å²) in [5, 5.41) is 6.53. The Bertz CT molecular complexity index is 336. The Labute approximate surface area is 136 Å². The van der Waals surface area contributed by atoms with Gasteiger partial charge in [0.1, 0.15) is 5.60 Å². The van der Waals surface area contributed by atoms with Gasteiger partial charge in [0.2, 0.25) is 0 Å². The lowest BCUT2D eigenvalue weighted by Crippen LogP contribution is -2.40. The van der Waals surface area contributed by atoms with Crippen LogP contribution >= 0.6 is 0 Å². The molecule has 0 heterocycles. The third-order valence-corrected chi connectivity index (χ3v) is 4.70. The molecule has 0 aromatic rings. The van der Waals surface area contributed by atoms with Crippen molar-refractivity contribution in [3.8, 4) is 0 Å². The van der Waals surface area contributed by atoms with E-state index in [1.807, 2.05) is 20.8 Å². The van der Waals surface area contributed by atoms with Crippen molar-refractivity contribution in [2.75, 3.05) is 19.6 Å². The zero-order valence-electron chi connectivity index (χ0n) is 15.4. The lowest BCUT2D eigenvalue weighted by atomic mass is 9.94. The molecule has 2 N–H and O–H groups in total. The lowest BCUT2D eigenvalue weighted by molar-refractivity contribution is 0.0514. The van der Waals surface area contributed by atoms with Crippen molar-refractivity contribution in [1.82, 2.24) is 10.6 Å². The second-order valence-corrected chi connectivity index (χ2v) is 8.21. The summed E-state index contributed by atoms with van der Waals surface area (Å²) in [5.41, 5.74) is -0.436. The quantitative estimate of drug-likeness (QED) is 0.751. The van der Waals surface area contributed by atoms with E-state index in [1.54, 1.807) is 0 Å². The summed E-state index contributed by atoms with van der Waals surface area (Å²) >= 11 is 0. The average molecular weight is 312 g/mol. The molecule has 22 heavy (non-hydrogen) atoms. The third-order valence-electron chi connectivity index (χ3n) is 4.70. The van der Waals surface area contributed by atoms with E-state index in [0.29, 0.717) is 18.4 Å². The molecule has 1 fully saturated rings. The van der Waals surface area contributed by atoms with Crippen LogP contribution in [-0.4, -0.2) is 31.3 Å². The molecule has 0 aliphatic heterocycles. The predicted molar refractivity (Wildman–Crippen MR) is 91.9 cm³/mol. The molecule has 3 atom stereocenters. The Morgan fingerprint density at radius 2 is 1.91 bits per heavy atom. The van der Waals surface area contributed by atoms with Gasteiger partial charge in [0.05, 0.1) is 0 Å². The smallest absolute Gasteiger partial charge is 0.407 e. The summed E-state index contributed by atoms with van der Waals surface area (Å²) < 4.78 is 5.30. The molecule has 1 rings (SSSR count). The number of carbonyl (C=O) groups is 1. The van der Waals surface area contributed by atoms with Crippen LogP contribution in [0.4, 0.5) is 4.79 Å². The molecule has 0 spiro atoms. The van der Waals surface area contributed by atoms with Gasteiger partial charge in [-0.15, -0.1) is 0 Å². The topological polar surface area (TPSA) is 50.4 Å². The van der Waals surface area contributed by atoms with Gasteiger partial charge in [-0.1, -0.05) is 33.6 Å². The molecule has 0 aromatic carbocycles. The zero-order valence-corrected chi connectivity index (χ0v) is 15.4. The van der Waals surface area contributed by atoms with E-state index < -0.39 is 5.60 Å². The van der Waals surface area contributed by atoms with Crippen LogP contribution in [0.2, 0.25) is 0 Å². The van der Waals surface area contributed by atoms with Crippen molar-refractivity contribution in [1.29, 1.82) is 0 Å². The minimum Gasteiger partial charge on any atom is -0.444 e. The first-order valence-corrected chi connectivity index (χ1v) is 8.86. The molecule has 1 aliphatic rings. The van der Waals surface area contributed by atoms with Crippen LogP contribution in [0.5, 0.6) is 0 Å². The Hall–Kier alpha value is -0.770. The maximum atomic E-state index is 11.8. The third kappa shape index (κ3) is 7.48. The van der Waals surface area contributed by atoms with Gasteiger partial charge in [0, 0.05) is 6.54 Å². The van der Waals surface area contributed by atoms with Gasteiger partial charge in [-0.2, -0.15) is 0 Å². The van der Waals surface area contributed by atoms with E-state index in [0.717, 1.165) is 24.9 Å². The van der Waals surface area contributed by atoms with Crippen LogP contribution < -0.4 is 10.6 Å². The van der Waals surface area contributed by atoms with Crippen molar-refractivity contribution < 1.29 is 9.53 Å². The molecule has 3 unspecified atom stereocenters. The molecule has 4 heteroatoms. The molecular weight excluding hydrogens is 276 g/mol. The standard InChI is InChI=1S/C18H36N2O2/c1-13(2)16(12-20-17(21)22-18(4,5)6)11-19-10-15-9-7-8-14(15)3/h13-16,19H,7-12H2,1-6H3,(H,20,21). The molecule has 0 aromatic heterocycles. The molecule has 4 nitrogen and oxygen atoms in total. The van der Waals surface area contributed by atoms with E-state index in [4.69, 9.17) is 4.74 Å². The monoisotopic (exact) mass is 312 g/mol. The second-order valence-electron chi connectivity index (χ2n) is 8.21. The second kappa shape index (κ2) is 8.76. The van der Waals surface area contributed by atoms with Crippen molar-refractivity contribution in [3.63, 3.8) is 0 Å². The minimum atomic E-state index is -0.436. The molecule has 0 bridgehead atoms. The summed E-state index contributed by atoms with van der Waals surface area (Å²) in [6, 6.07) is 0. The number of ether oxygens (including phenoxy) is 1. The Morgan fingerprint density at radius 1 is 1.23 bits per heavy atom. The molecule has 130 valence electrons. The zero-order chi connectivity index (χ0) is 16.8. The molecule has 0 radical (unpaired) electrons. The van der Waals surface area contributed by atoms with E-state index in [2.05, 4.69) is 31.4 Å². The normalized spacial score (nSPS) is 23.6. The van der Waals surface area contributed by atoms with E-state index >= 15 is 0 Å². The predicted octanol–water partition coefficient (Wildman–Crippen LogP) is 3.81. The molecule has 1 aliphatic carbocycles. The van der Waals surface area contributed by atoms with Crippen LogP contribution in [0, 0.1) is 23.7 Å². The van der Waals surface area contributed by atoms with E-state index in [9.17, 15) is 4.79 Å². The number of alkyl carbamates (subject to hydrolysis) is 1. The first-order valence-electron chi connectivity index (χ1n) is 8.86. The lowest BCUT2D eigenvalue weighted by Gasteiger charge is -2.25. The first-order chi connectivity index (χ1) is 10.2. The van der Waals surface area contributed by atoms with Crippen LogP contribution in [0.3, 0.4) is 0 Å². The largest absolute Gasteiger partial charge is 0.444 e. The summed E-state index contributed by atoms with van der Waals surface area (Å²) in [5.74, 6) is 2.64. The number of hydrogen-bond acceptors (Lipinski definition) is 3. The van der Waals surface area contributed by atoms with Crippen molar-refractivity contribution >= 4 is 6.09 Å². The van der Waals surface area contributed by atoms with Crippen molar-refractivity contribution in [3.05, 3.63) is 0 Å². The summed E-state index contributed by atoms with van der Waals surface area (Å²) in [7, 11) is 0. The minimum absolute atomic E-state index is 0.317. The highest BCUT2D eigenvalue weighted by atomic mass is 16.6. The average Bonchev–Trinajstić information content (AvgIpc) is 2.76. The van der Waals surface area contributed by atoms with E-state index in [-0.39, 0.29) is 6.09 Å². The Kier molecular flexibility index (Phi) is 7.67. The van der Waals surface area contributed by atoms with Crippen LogP contribution in [0.15, 0.2) is 0 Å². The molecule has 1 amide bonds. The maximum absolute atomic E-state index is 11.8. The first kappa shape index (κ1) is 19.3. The van der Waals surface area contributed by atoms with E-state index in [1.165, 1.54) is 19.3 Å². The van der Waals surface area contributed by atoms with Crippen LogP contribution in [0.1, 0.15) is 60.8 Å². The molecule has 1 saturated carbocycles. The fraction of sp³-hybridized carbons (Fsp3) is 0.944. The van der Waals surface area contributed by atoms with Crippen LogP contribution in [-0.2, 0) is 4.74 Å². The SMILES string of the molecule is CC(C)C(CNCC1CCCC1C)CNC(=O)OC(C)(C)C. The van der Waals surface area contributed by atoms with Gasteiger partial charge in [-0.25, -0.2) is 4.79 Å². The van der Waals surface area contributed by atoms with Gasteiger partial charge in [0.25, 0.3) is 0 Å². The Morgan fingerprint density at radius 3 is 2.41 bits per heavy atom. The van der Waals surface area contributed by atoms with Crippen LogP contribution in [0.25, 0.3) is 0 Å². The summed E-state index contributed by atoms with van der Waals surface area (Å²) in [6.45, 7) is 15.2. The fourth-order valence-corrected chi connectivity index (χ4v) is 3.05. The number of carbonyl (C=O) groups excluding carboxylic acids is 1. The van der Waals surface area contributed by atoms with Gasteiger partial charge >= 0.3 is 6.09 Å². The van der Waals surface area contributed by atoms with Crippen molar-refractivity contribution in [2.45, 2.75) is 66.4 Å². The van der Waals surface area contributed by atoms with Gasteiger partial charge < -0.3 is 15.4 Å². The highest BCUT2D eigenvalue weighted by Gasteiger charge is 2.24. The van der Waals surface area contributed by atoms with Gasteiger partial charge in [-0.3, -0.25) is 0 Å². The summed E-state index contributed by atoms with van der Waals surface area (Å²) in [4.78, 5) is 11.8. The Balaban J connectivity index is 2.28. The molecule has 0 saturated heterocycles. The highest BCUT2D eigenvalue weighted by Crippen LogP contribution is 2.30. The number of nitrogens with one attached hydrogen (secondary N) is 2. The van der Waals surface area contributed by atoms with Gasteiger partial charge in [0.15, 0.2) is 0 Å². The van der Waals surface area contributed by atoms with Gasteiger partial charge in [-0.05, 0) is 64.0 Å².